The minimum Gasteiger partial charge on any atom is -0.462 e. The van der Waals surface area contributed by atoms with Crippen molar-refractivity contribution < 1.29 is 19.7 Å². The molecule has 0 aliphatic rings. The quantitative estimate of drug-likeness (QED) is 0.242. The van der Waals surface area contributed by atoms with E-state index in [4.69, 9.17) is 14.9 Å². The topological polar surface area (TPSA) is 66.8 Å². The lowest BCUT2D eigenvalue weighted by atomic mass is 10.2. The number of esters is 1. The average Bonchev–Trinajstić information content (AvgIpc) is 2.53. The number of unbranched alkanes of at least 4 members (excludes halogenated alkanes) is 3. The molecule has 4 heteroatoms. The lowest BCUT2D eigenvalue weighted by Gasteiger charge is -2.03. The summed E-state index contributed by atoms with van der Waals surface area (Å²) in [5, 5.41) is 16.0. The van der Waals surface area contributed by atoms with Gasteiger partial charge in [-0.15, -0.1) is 0 Å². The number of ether oxygens (including phenoxy) is 1. The highest BCUT2D eigenvalue weighted by atomic mass is 16.5. The van der Waals surface area contributed by atoms with Crippen molar-refractivity contribution in [3.63, 3.8) is 0 Å². The molecule has 0 atom stereocenters. The molecule has 0 amide bonds. The Morgan fingerprint density at radius 3 is 1.72 bits per heavy atom. The first kappa shape index (κ1) is 39.1. The summed E-state index contributed by atoms with van der Waals surface area (Å²) in [6.07, 6.45) is 10.5. The summed E-state index contributed by atoms with van der Waals surface area (Å²) < 4.78 is 4.99. The van der Waals surface area contributed by atoms with Crippen LogP contribution in [0.2, 0.25) is 0 Å². The van der Waals surface area contributed by atoms with Gasteiger partial charge in [0.15, 0.2) is 0 Å². The Balaban J connectivity index is -0.0000000592. The van der Waals surface area contributed by atoms with Gasteiger partial charge < -0.3 is 14.9 Å². The van der Waals surface area contributed by atoms with Crippen molar-refractivity contribution in [2.24, 2.45) is 0 Å². The van der Waals surface area contributed by atoms with E-state index in [1.807, 2.05) is 13.8 Å². The molecule has 0 bridgehead atoms. The van der Waals surface area contributed by atoms with E-state index in [0.29, 0.717) is 18.8 Å². The molecule has 0 aliphatic carbocycles. The van der Waals surface area contributed by atoms with Gasteiger partial charge in [-0.25, -0.2) is 4.79 Å². The fraction of sp³-hybridized carbons (Fsp3) is 0.762. The van der Waals surface area contributed by atoms with E-state index in [-0.39, 0.29) is 34.9 Å². The van der Waals surface area contributed by atoms with Crippen LogP contribution < -0.4 is 0 Å². The third kappa shape index (κ3) is 45.0. The molecule has 4 nitrogen and oxygen atoms in total. The van der Waals surface area contributed by atoms with Crippen LogP contribution in [-0.2, 0) is 9.53 Å². The van der Waals surface area contributed by atoms with Crippen molar-refractivity contribution in [2.45, 2.75) is 89.0 Å². The van der Waals surface area contributed by atoms with Crippen LogP contribution in [0.5, 0.6) is 0 Å². The Hall–Kier alpha value is -1.13. The highest BCUT2D eigenvalue weighted by Crippen LogP contribution is 1.99. The Morgan fingerprint density at radius 2 is 1.48 bits per heavy atom. The lowest BCUT2D eigenvalue weighted by molar-refractivity contribution is -0.139. The maximum absolute atomic E-state index is 11.0. The molecule has 0 rings (SSSR count). The number of hydrogen-bond acceptors (Lipinski definition) is 4. The number of aliphatic hydroxyl groups is 2. The third-order valence-electron chi connectivity index (χ3n) is 2.59. The van der Waals surface area contributed by atoms with Gasteiger partial charge in [-0.05, 0) is 33.6 Å². The van der Waals surface area contributed by atoms with Gasteiger partial charge in [0.25, 0.3) is 0 Å². The fourth-order valence-electron chi connectivity index (χ4n) is 1.01. The van der Waals surface area contributed by atoms with Gasteiger partial charge in [0.1, 0.15) is 0 Å². The first-order valence-corrected chi connectivity index (χ1v) is 8.18. The van der Waals surface area contributed by atoms with Gasteiger partial charge in [-0.2, -0.15) is 0 Å². The molecule has 0 heterocycles. The highest BCUT2D eigenvalue weighted by Gasteiger charge is 2.02. The van der Waals surface area contributed by atoms with Gasteiger partial charge in [-0.3, -0.25) is 0 Å². The van der Waals surface area contributed by atoms with Crippen LogP contribution in [0.15, 0.2) is 23.8 Å². The van der Waals surface area contributed by atoms with Crippen molar-refractivity contribution in [3.05, 3.63) is 23.8 Å². The molecule has 0 radical (unpaired) electrons. The van der Waals surface area contributed by atoms with Crippen molar-refractivity contribution in [1.29, 1.82) is 0 Å². The first-order valence-electron chi connectivity index (χ1n) is 8.18. The predicted octanol–water partition coefficient (Wildman–Crippen LogP) is 5.93. The molecule has 0 saturated carbocycles. The van der Waals surface area contributed by atoms with Gasteiger partial charge in [0, 0.05) is 12.2 Å². The van der Waals surface area contributed by atoms with Crippen molar-refractivity contribution in [3.8, 4) is 0 Å². The Morgan fingerprint density at radius 1 is 0.960 bits per heavy atom. The molecule has 2 N–H and O–H groups in total. The second-order valence-electron chi connectivity index (χ2n) is 4.64. The van der Waals surface area contributed by atoms with Crippen LogP contribution in [0.1, 0.15) is 89.0 Å². The summed E-state index contributed by atoms with van der Waals surface area (Å²) in [6.45, 7) is 10.7. The number of carbonyl (C=O) groups excluding carboxylic acids is 1. The summed E-state index contributed by atoms with van der Waals surface area (Å²) in [5.74, 6) is -0.186. The maximum atomic E-state index is 11.0. The van der Waals surface area contributed by atoms with E-state index in [2.05, 4.69) is 13.8 Å². The minimum atomic E-state index is -0.186. The Labute approximate surface area is 159 Å². The molecule has 0 aromatic carbocycles. The SMILES string of the molecule is C.C.C.C/C=C(\C)C(=O)OCCCCC.C/C=C/CO.CCCCO. The summed E-state index contributed by atoms with van der Waals surface area (Å²) in [6, 6.07) is 0. The molecule has 156 valence electrons. The van der Waals surface area contributed by atoms with Crippen molar-refractivity contribution in [2.75, 3.05) is 19.8 Å². The molecule has 0 aromatic rings. The zero-order valence-corrected chi connectivity index (χ0v) is 15.1. The van der Waals surface area contributed by atoms with Crippen molar-refractivity contribution in [1.82, 2.24) is 0 Å². The largest absolute Gasteiger partial charge is 0.462 e. The number of aliphatic hydroxyl groups excluding tert-OH is 2. The Kier molecular flexibility index (Phi) is 60.1. The van der Waals surface area contributed by atoms with E-state index in [9.17, 15) is 4.79 Å². The number of hydrogen-bond donors (Lipinski definition) is 2. The zero-order valence-electron chi connectivity index (χ0n) is 15.1. The van der Waals surface area contributed by atoms with Gasteiger partial charge in [-0.1, -0.05) is 73.6 Å². The normalized spacial score (nSPS) is 9.16. The third-order valence-corrected chi connectivity index (χ3v) is 2.59. The van der Waals surface area contributed by atoms with Crippen LogP contribution >= 0.6 is 0 Å². The van der Waals surface area contributed by atoms with E-state index in [0.717, 1.165) is 32.1 Å². The monoisotopic (exact) mass is 364 g/mol. The first-order chi connectivity index (χ1) is 10.5. The smallest absolute Gasteiger partial charge is 0.333 e. The van der Waals surface area contributed by atoms with Crippen LogP contribution in [0.3, 0.4) is 0 Å². The molecule has 0 unspecified atom stereocenters. The second kappa shape index (κ2) is 38.4. The van der Waals surface area contributed by atoms with E-state index >= 15 is 0 Å². The van der Waals surface area contributed by atoms with Gasteiger partial charge in [0.2, 0.25) is 0 Å². The fourth-order valence-corrected chi connectivity index (χ4v) is 1.01. The van der Waals surface area contributed by atoms with Crippen LogP contribution in [0.25, 0.3) is 0 Å². The molecular weight excluding hydrogens is 316 g/mol. The van der Waals surface area contributed by atoms with E-state index in [1.54, 1.807) is 25.2 Å². The number of allylic oxidation sites excluding steroid dienone is 2. The Bertz CT molecular complexity index is 269. The van der Waals surface area contributed by atoms with Gasteiger partial charge in [0.05, 0.1) is 13.2 Å². The standard InChI is InChI=1S/C10H18O2.C4H10O.C4H8O.3CH4/c1-4-6-7-8-12-10(11)9(3)5-2;2*1-2-3-4-5;;;/h5H,4,6-8H2,1-3H3;5H,2-4H2,1H3;2-3,5H,4H2,1H3;3*1H4/b9-5+;;3-2+;;;. The molecule has 0 spiro atoms. The molecule has 25 heavy (non-hydrogen) atoms. The molecular formula is C21H48O4. The molecule has 0 aromatic heterocycles. The maximum Gasteiger partial charge on any atom is 0.333 e. The van der Waals surface area contributed by atoms with Crippen LogP contribution in [0, 0.1) is 0 Å². The molecule has 0 fully saturated rings. The molecule has 0 aliphatic heterocycles. The van der Waals surface area contributed by atoms with Crippen LogP contribution in [0.4, 0.5) is 0 Å². The van der Waals surface area contributed by atoms with Gasteiger partial charge >= 0.3 is 5.97 Å². The van der Waals surface area contributed by atoms with E-state index in [1.165, 1.54) is 0 Å². The van der Waals surface area contributed by atoms with E-state index < -0.39 is 0 Å². The highest BCUT2D eigenvalue weighted by molar-refractivity contribution is 5.87. The van der Waals surface area contributed by atoms with Crippen molar-refractivity contribution >= 4 is 5.97 Å². The zero-order chi connectivity index (χ0) is 17.6. The summed E-state index contributed by atoms with van der Waals surface area (Å²) in [7, 11) is 0. The minimum absolute atomic E-state index is 0. The average molecular weight is 365 g/mol. The van der Waals surface area contributed by atoms with Crippen LogP contribution in [-0.4, -0.2) is 36.0 Å². The summed E-state index contributed by atoms with van der Waals surface area (Å²) >= 11 is 0. The molecule has 0 saturated heterocycles. The lowest BCUT2D eigenvalue weighted by Crippen LogP contribution is -2.06. The summed E-state index contributed by atoms with van der Waals surface area (Å²) in [5.41, 5.74) is 0.687. The number of rotatable bonds is 8. The predicted molar refractivity (Wildman–Crippen MR) is 114 cm³/mol. The summed E-state index contributed by atoms with van der Waals surface area (Å²) in [4.78, 5) is 11.0. The second-order valence-corrected chi connectivity index (χ2v) is 4.64. The number of carbonyl (C=O) groups is 1.